The summed E-state index contributed by atoms with van der Waals surface area (Å²) >= 11 is 0. The Hall–Kier alpha value is -2.19. The Morgan fingerprint density at radius 3 is 2.00 bits per heavy atom. The van der Waals surface area contributed by atoms with Gasteiger partial charge in [-0.3, -0.25) is 4.79 Å². The molecule has 0 bridgehead atoms. The quantitative estimate of drug-likeness (QED) is 0.261. The predicted octanol–water partition coefficient (Wildman–Crippen LogP) is 4.74. The molecule has 0 amide bonds. The Labute approximate surface area is 151 Å². The zero-order valence-corrected chi connectivity index (χ0v) is 16.6. The fourth-order valence-corrected chi connectivity index (χ4v) is 2.01. The Kier molecular flexibility index (Phi) is 6.50. The van der Waals surface area contributed by atoms with E-state index < -0.39 is 11.4 Å². The minimum atomic E-state index is -0.723. The number of hydrogen-bond acceptors (Lipinski definition) is 4. The van der Waals surface area contributed by atoms with E-state index in [1.165, 1.54) is 0 Å². The molecule has 0 atom stereocenters. The highest BCUT2D eigenvalue weighted by atomic mass is 16.5. The molecule has 25 heavy (non-hydrogen) atoms. The first kappa shape index (κ1) is 20.9. The highest BCUT2D eigenvalue weighted by Gasteiger charge is 2.31. The van der Waals surface area contributed by atoms with E-state index in [0.29, 0.717) is 5.69 Å². The second kappa shape index (κ2) is 7.79. The van der Waals surface area contributed by atoms with Crippen LogP contribution >= 0.6 is 0 Å². The Morgan fingerprint density at radius 1 is 1.04 bits per heavy atom. The molecule has 0 spiro atoms. The van der Waals surface area contributed by atoms with Crippen molar-refractivity contribution >= 4 is 23.3 Å². The van der Waals surface area contributed by atoms with Crippen LogP contribution in [-0.2, 0) is 14.3 Å². The zero-order chi connectivity index (χ0) is 19.4. The average molecular weight is 343 g/mol. The van der Waals surface area contributed by atoms with E-state index in [1.54, 1.807) is 20.8 Å². The van der Waals surface area contributed by atoms with Gasteiger partial charge in [-0.25, -0.2) is 9.79 Å². The molecule has 1 aromatic rings. The van der Waals surface area contributed by atoms with Crippen LogP contribution in [0, 0.1) is 24.7 Å². The SMILES string of the molecule is Cc1cccc(C)c1N=C=C(C(=O)OCC(C)(C)C)C(=O)C(C)(C)C. The van der Waals surface area contributed by atoms with Crippen molar-refractivity contribution < 1.29 is 14.3 Å². The molecule has 0 N–H and O–H groups in total. The number of carbonyl (C=O) groups is 2. The number of rotatable bonds is 4. The van der Waals surface area contributed by atoms with Crippen LogP contribution in [0.15, 0.2) is 28.8 Å². The molecule has 0 aliphatic rings. The third-order valence-electron chi connectivity index (χ3n) is 3.47. The molecule has 4 heteroatoms. The normalized spacial score (nSPS) is 11.5. The standard InChI is InChI=1S/C21H29NO3/c1-14-10-9-11-15(2)17(14)22-12-16(18(23)21(6,7)8)19(24)25-13-20(3,4)5/h9-11H,13H2,1-8H3. The van der Waals surface area contributed by atoms with Crippen molar-refractivity contribution in [2.45, 2.75) is 55.4 Å². The highest BCUT2D eigenvalue weighted by molar-refractivity contribution is 6.25. The summed E-state index contributed by atoms with van der Waals surface area (Å²) in [5.41, 5.74) is 1.58. The second-order valence-electron chi connectivity index (χ2n) is 8.55. The molecule has 1 aromatic carbocycles. The molecule has 0 unspecified atom stereocenters. The number of aryl methyl sites for hydroxylation is 2. The number of hydrogen-bond donors (Lipinski definition) is 0. The van der Waals surface area contributed by atoms with Gasteiger partial charge in [0, 0.05) is 11.3 Å². The number of nitrogens with zero attached hydrogens (tertiary/aromatic N) is 1. The van der Waals surface area contributed by atoms with Crippen molar-refractivity contribution in [1.82, 2.24) is 0 Å². The summed E-state index contributed by atoms with van der Waals surface area (Å²) < 4.78 is 5.31. The Morgan fingerprint density at radius 2 is 1.56 bits per heavy atom. The number of ether oxygens (including phenoxy) is 1. The number of Topliss-reactive ketones (excluding diaryl/α,β-unsaturated/α-hetero) is 1. The number of aliphatic imine (C=N–C) groups is 1. The van der Waals surface area contributed by atoms with Gasteiger partial charge in [0.1, 0.15) is 0 Å². The van der Waals surface area contributed by atoms with Gasteiger partial charge < -0.3 is 4.74 Å². The van der Waals surface area contributed by atoms with Crippen LogP contribution in [0.4, 0.5) is 5.69 Å². The smallest absolute Gasteiger partial charge is 0.351 e. The molecule has 0 aliphatic heterocycles. The number of esters is 1. The predicted molar refractivity (Wildman–Crippen MR) is 101 cm³/mol. The Bertz CT molecular complexity index is 704. The van der Waals surface area contributed by atoms with E-state index in [-0.39, 0.29) is 23.4 Å². The summed E-state index contributed by atoms with van der Waals surface area (Å²) in [6, 6.07) is 5.79. The van der Waals surface area contributed by atoms with Crippen LogP contribution in [0.25, 0.3) is 0 Å². The van der Waals surface area contributed by atoms with Crippen molar-refractivity contribution in [2.75, 3.05) is 6.61 Å². The second-order valence-corrected chi connectivity index (χ2v) is 8.55. The van der Waals surface area contributed by atoms with Gasteiger partial charge in [0.25, 0.3) is 0 Å². The fraction of sp³-hybridized carbons (Fsp3) is 0.524. The van der Waals surface area contributed by atoms with Gasteiger partial charge >= 0.3 is 5.97 Å². The van der Waals surface area contributed by atoms with E-state index in [4.69, 9.17) is 4.74 Å². The van der Waals surface area contributed by atoms with Gasteiger partial charge in [-0.2, -0.15) is 0 Å². The van der Waals surface area contributed by atoms with Crippen molar-refractivity contribution in [3.05, 3.63) is 34.9 Å². The van der Waals surface area contributed by atoms with Gasteiger partial charge in [-0.15, -0.1) is 0 Å². The van der Waals surface area contributed by atoms with Gasteiger partial charge in [0.05, 0.1) is 12.3 Å². The largest absolute Gasteiger partial charge is 0.461 e. The first-order valence-electron chi connectivity index (χ1n) is 8.45. The minimum Gasteiger partial charge on any atom is -0.461 e. The van der Waals surface area contributed by atoms with Crippen LogP contribution in [0.2, 0.25) is 0 Å². The molecule has 0 aliphatic carbocycles. The number of para-hydroxylation sites is 1. The number of carbonyl (C=O) groups excluding carboxylic acids is 2. The van der Waals surface area contributed by atoms with E-state index >= 15 is 0 Å². The van der Waals surface area contributed by atoms with Crippen molar-refractivity contribution in [3.8, 4) is 0 Å². The van der Waals surface area contributed by atoms with Gasteiger partial charge in [-0.05, 0) is 30.4 Å². The molecule has 0 saturated heterocycles. The lowest BCUT2D eigenvalue weighted by atomic mass is 9.86. The first-order chi connectivity index (χ1) is 11.3. The summed E-state index contributed by atoms with van der Waals surface area (Å²) in [7, 11) is 0. The average Bonchev–Trinajstić information content (AvgIpc) is 2.46. The monoisotopic (exact) mass is 343 g/mol. The van der Waals surface area contributed by atoms with Crippen LogP contribution in [0.1, 0.15) is 52.7 Å². The third-order valence-corrected chi connectivity index (χ3v) is 3.47. The van der Waals surface area contributed by atoms with Gasteiger partial charge in [-0.1, -0.05) is 59.7 Å². The van der Waals surface area contributed by atoms with E-state index in [9.17, 15) is 9.59 Å². The lowest BCUT2D eigenvalue weighted by molar-refractivity contribution is -0.143. The molecule has 1 rings (SSSR count). The maximum atomic E-state index is 12.7. The molecule has 0 aromatic heterocycles. The lowest BCUT2D eigenvalue weighted by Gasteiger charge is -2.20. The molecule has 4 nitrogen and oxygen atoms in total. The van der Waals surface area contributed by atoms with E-state index in [1.807, 2.05) is 52.8 Å². The van der Waals surface area contributed by atoms with Crippen LogP contribution in [0.5, 0.6) is 0 Å². The molecule has 0 heterocycles. The molecular weight excluding hydrogens is 314 g/mol. The third kappa shape index (κ3) is 6.32. The highest BCUT2D eigenvalue weighted by Crippen LogP contribution is 2.24. The van der Waals surface area contributed by atoms with Gasteiger partial charge in [0.15, 0.2) is 11.4 Å². The van der Waals surface area contributed by atoms with Crippen LogP contribution < -0.4 is 0 Å². The molecule has 136 valence electrons. The van der Waals surface area contributed by atoms with Crippen molar-refractivity contribution in [2.24, 2.45) is 15.8 Å². The minimum absolute atomic E-state index is 0.139. The van der Waals surface area contributed by atoms with E-state index in [2.05, 4.69) is 10.9 Å². The van der Waals surface area contributed by atoms with Gasteiger partial charge in [0.2, 0.25) is 0 Å². The van der Waals surface area contributed by atoms with E-state index in [0.717, 1.165) is 11.1 Å². The van der Waals surface area contributed by atoms with Crippen LogP contribution in [0.3, 0.4) is 0 Å². The summed E-state index contributed by atoms with van der Waals surface area (Å²) in [5, 5.41) is 0. The summed E-state index contributed by atoms with van der Waals surface area (Å²) in [6.07, 6.45) is 0. The number of ketones is 1. The lowest BCUT2D eigenvalue weighted by Crippen LogP contribution is -2.29. The van der Waals surface area contributed by atoms with Crippen molar-refractivity contribution in [3.63, 3.8) is 0 Å². The first-order valence-corrected chi connectivity index (χ1v) is 8.45. The summed E-state index contributed by atoms with van der Waals surface area (Å²) in [5.74, 6) is 1.67. The molecular formula is C21H29NO3. The Balaban J connectivity index is 3.34. The molecule has 0 fully saturated rings. The summed E-state index contributed by atoms with van der Waals surface area (Å²) in [6.45, 7) is 15.2. The maximum absolute atomic E-state index is 12.7. The van der Waals surface area contributed by atoms with Crippen LogP contribution in [-0.4, -0.2) is 24.2 Å². The summed E-state index contributed by atoms with van der Waals surface area (Å²) in [4.78, 5) is 29.4. The molecule has 0 radical (unpaired) electrons. The number of benzene rings is 1. The topological polar surface area (TPSA) is 55.7 Å². The maximum Gasteiger partial charge on any atom is 0.351 e. The van der Waals surface area contributed by atoms with Crippen molar-refractivity contribution in [1.29, 1.82) is 0 Å². The zero-order valence-electron chi connectivity index (χ0n) is 16.6. The molecule has 0 saturated carbocycles. The fourth-order valence-electron chi connectivity index (χ4n) is 2.01.